The van der Waals surface area contributed by atoms with Crippen LogP contribution in [-0.2, 0) is 0 Å². The normalized spacial score (nSPS) is 15.5. The van der Waals surface area contributed by atoms with Crippen LogP contribution in [0.25, 0.3) is 0 Å². The molecule has 1 heterocycles. The van der Waals surface area contributed by atoms with Crippen LogP contribution in [0.3, 0.4) is 0 Å². The summed E-state index contributed by atoms with van der Waals surface area (Å²) in [5.41, 5.74) is 0.135. The van der Waals surface area contributed by atoms with Crippen molar-refractivity contribution in [1.82, 2.24) is 4.98 Å². The molecule has 0 atom stereocenters. The Bertz CT molecular complexity index is 374. The maximum atomic E-state index is 10.9. The summed E-state index contributed by atoms with van der Waals surface area (Å²) in [6.07, 6.45) is 7.77. The number of pyridine rings is 1. The molecule has 16 heavy (non-hydrogen) atoms. The Hall–Kier alpha value is -1.58. The molecule has 1 aliphatic rings. The number of carbonyl (C=O) groups is 1. The van der Waals surface area contributed by atoms with E-state index in [1.165, 1.54) is 25.5 Å². The highest BCUT2D eigenvalue weighted by Crippen LogP contribution is 2.29. The third-order valence-corrected chi connectivity index (χ3v) is 3.02. The van der Waals surface area contributed by atoms with Gasteiger partial charge in [0.1, 0.15) is 11.3 Å². The molecule has 0 aromatic carbocycles. The van der Waals surface area contributed by atoms with E-state index in [0.717, 1.165) is 12.3 Å². The number of nitrogens with zero attached hydrogens (tertiary/aromatic N) is 1. The molecule has 1 saturated carbocycles. The summed E-state index contributed by atoms with van der Waals surface area (Å²) in [6.45, 7) is 0.592. The minimum absolute atomic E-state index is 0.135. The van der Waals surface area contributed by atoms with Crippen molar-refractivity contribution in [2.45, 2.75) is 25.7 Å². The number of aromatic nitrogens is 1. The van der Waals surface area contributed by atoms with Crippen molar-refractivity contribution in [3.8, 4) is 5.75 Å². The van der Waals surface area contributed by atoms with Crippen molar-refractivity contribution in [3.63, 3.8) is 0 Å². The molecule has 4 heteroatoms. The van der Waals surface area contributed by atoms with Gasteiger partial charge in [0, 0.05) is 12.4 Å². The Morgan fingerprint density at radius 1 is 1.56 bits per heavy atom. The van der Waals surface area contributed by atoms with Crippen LogP contribution in [0.15, 0.2) is 18.5 Å². The average Bonchev–Trinajstić information content (AvgIpc) is 2.22. The third kappa shape index (κ3) is 2.51. The average molecular weight is 221 g/mol. The van der Waals surface area contributed by atoms with Crippen molar-refractivity contribution in [2.75, 3.05) is 6.61 Å². The van der Waals surface area contributed by atoms with Gasteiger partial charge >= 0.3 is 5.97 Å². The second-order valence-corrected chi connectivity index (χ2v) is 4.11. The van der Waals surface area contributed by atoms with Crippen LogP contribution < -0.4 is 4.74 Å². The summed E-state index contributed by atoms with van der Waals surface area (Å²) >= 11 is 0. The van der Waals surface area contributed by atoms with Crippen LogP contribution in [-0.4, -0.2) is 22.7 Å². The minimum Gasteiger partial charge on any atom is -0.493 e. The molecule has 0 bridgehead atoms. The van der Waals surface area contributed by atoms with Gasteiger partial charge in [-0.3, -0.25) is 4.98 Å². The highest BCUT2D eigenvalue weighted by atomic mass is 16.5. The number of hydrogen-bond donors (Lipinski definition) is 1. The van der Waals surface area contributed by atoms with Crippen molar-refractivity contribution in [1.29, 1.82) is 0 Å². The van der Waals surface area contributed by atoms with Gasteiger partial charge in [-0.15, -0.1) is 0 Å². The molecule has 86 valence electrons. The lowest BCUT2D eigenvalue weighted by Crippen LogP contribution is -2.15. The monoisotopic (exact) mass is 221 g/mol. The Morgan fingerprint density at radius 3 is 3.00 bits per heavy atom. The van der Waals surface area contributed by atoms with Crippen LogP contribution in [0.5, 0.6) is 5.75 Å². The van der Waals surface area contributed by atoms with Gasteiger partial charge in [0.2, 0.25) is 0 Å². The fourth-order valence-electron chi connectivity index (χ4n) is 1.79. The summed E-state index contributed by atoms with van der Waals surface area (Å²) < 4.78 is 5.48. The summed E-state index contributed by atoms with van der Waals surface area (Å²) in [5.74, 6) is 0.198. The Morgan fingerprint density at radius 2 is 2.38 bits per heavy atom. The van der Waals surface area contributed by atoms with E-state index in [1.807, 2.05) is 0 Å². The number of carboxylic acid groups (broad SMARTS) is 1. The first-order valence-corrected chi connectivity index (χ1v) is 5.57. The molecule has 0 aliphatic heterocycles. The zero-order valence-electron chi connectivity index (χ0n) is 9.06. The van der Waals surface area contributed by atoms with Crippen LogP contribution in [0.1, 0.15) is 36.0 Å². The fourth-order valence-corrected chi connectivity index (χ4v) is 1.79. The lowest BCUT2D eigenvalue weighted by atomic mass is 9.83. The molecule has 0 radical (unpaired) electrons. The quantitative estimate of drug-likeness (QED) is 0.829. The Labute approximate surface area is 94.3 Å². The van der Waals surface area contributed by atoms with Crippen molar-refractivity contribution in [2.24, 2.45) is 5.92 Å². The zero-order valence-corrected chi connectivity index (χ0v) is 9.06. The number of ether oxygens (including phenoxy) is 1. The Balaban J connectivity index is 1.89. The molecular formula is C12H15NO3. The molecule has 0 saturated heterocycles. The highest BCUT2D eigenvalue weighted by molar-refractivity contribution is 5.90. The summed E-state index contributed by atoms with van der Waals surface area (Å²) in [4.78, 5) is 14.6. The summed E-state index contributed by atoms with van der Waals surface area (Å²) in [7, 11) is 0. The largest absolute Gasteiger partial charge is 0.493 e. The standard InChI is InChI=1S/C12H15NO3/c14-12(15)10-8-13-6-4-11(10)16-7-5-9-2-1-3-9/h4,6,8-9H,1-3,5,7H2,(H,14,15). The molecule has 0 unspecified atom stereocenters. The summed E-state index contributed by atoms with van der Waals surface area (Å²) in [5, 5.41) is 8.91. The SMILES string of the molecule is O=C(O)c1cnccc1OCCC1CCC1. The molecular weight excluding hydrogens is 206 g/mol. The number of aromatic carboxylic acids is 1. The topological polar surface area (TPSA) is 59.4 Å². The lowest BCUT2D eigenvalue weighted by Gasteiger charge is -2.25. The molecule has 4 nitrogen and oxygen atoms in total. The van der Waals surface area contributed by atoms with Crippen LogP contribution >= 0.6 is 0 Å². The summed E-state index contributed by atoms with van der Waals surface area (Å²) in [6, 6.07) is 1.60. The van der Waals surface area contributed by atoms with Gasteiger partial charge in [0.05, 0.1) is 6.61 Å². The number of rotatable bonds is 5. The molecule has 0 amide bonds. The second kappa shape index (κ2) is 4.96. The maximum absolute atomic E-state index is 10.9. The van der Waals surface area contributed by atoms with Gasteiger partial charge in [-0.2, -0.15) is 0 Å². The zero-order chi connectivity index (χ0) is 11.4. The number of hydrogen-bond acceptors (Lipinski definition) is 3. The molecule has 1 aromatic heterocycles. The van der Waals surface area contributed by atoms with E-state index in [4.69, 9.17) is 9.84 Å². The van der Waals surface area contributed by atoms with Gasteiger partial charge in [-0.25, -0.2) is 4.79 Å². The van der Waals surface area contributed by atoms with E-state index >= 15 is 0 Å². The molecule has 0 spiro atoms. The predicted molar refractivity (Wildman–Crippen MR) is 58.6 cm³/mol. The van der Waals surface area contributed by atoms with Crippen molar-refractivity contribution in [3.05, 3.63) is 24.0 Å². The third-order valence-electron chi connectivity index (χ3n) is 3.02. The van der Waals surface area contributed by atoms with E-state index < -0.39 is 5.97 Å². The lowest BCUT2D eigenvalue weighted by molar-refractivity contribution is 0.0691. The van der Waals surface area contributed by atoms with Crippen LogP contribution in [0.2, 0.25) is 0 Å². The Kier molecular flexibility index (Phi) is 3.39. The van der Waals surface area contributed by atoms with E-state index in [2.05, 4.69) is 4.98 Å². The first kappa shape index (κ1) is 10.9. The van der Waals surface area contributed by atoms with E-state index in [9.17, 15) is 4.79 Å². The first-order chi connectivity index (χ1) is 7.77. The molecule has 1 aromatic rings. The first-order valence-electron chi connectivity index (χ1n) is 5.57. The predicted octanol–water partition coefficient (Wildman–Crippen LogP) is 2.35. The maximum Gasteiger partial charge on any atom is 0.341 e. The van der Waals surface area contributed by atoms with E-state index in [-0.39, 0.29) is 5.56 Å². The van der Waals surface area contributed by atoms with E-state index in [0.29, 0.717) is 12.4 Å². The molecule has 1 aliphatic carbocycles. The van der Waals surface area contributed by atoms with Gasteiger partial charge in [-0.1, -0.05) is 19.3 Å². The van der Waals surface area contributed by atoms with Crippen LogP contribution in [0, 0.1) is 5.92 Å². The van der Waals surface area contributed by atoms with Crippen LogP contribution in [0.4, 0.5) is 0 Å². The molecule has 1 fully saturated rings. The van der Waals surface area contributed by atoms with Gasteiger partial charge < -0.3 is 9.84 Å². The number of carboxylic acids is 1. The fraction of sp³-hybridized carbons (Fsp3) is 0.500. The molecule has 2 rings (SSSR count). The van der Waals surface area contributed by atoms with E-state index in [1.54, 1.807) is 12.3 Å². The smallest absolute Gasteiger partial charge is 0.341 e. The molecule has 1 N–H and O–H groups in total. The van der Waals surface area contributed by atoms with Crippen molar-refractivity contribution >= 4 is 5.97 Å². The van der Waals surface area contributed by atoms with Crippen molar-refractivity contribution < 1.29 is 14.6 Å². The van der Waals surface area contributed by atoms with Gasteiger partial charge in [-0.05, 0) is 18.4 Å². The highest BCUT2D eigenvalue weighted by Gasteiger charge is 2.17. The van der Waals surface area contributed by atoms with Gasteiger partial charge in [0.25, 0.3) is 0 Å². The second-order valence-electron chi connectivity index (χ2n) is 4.11. The minimum atomic E-state index is -0.994. The van der Waals surface area contributed by atoms with Gasteiger partial charge in [0.15, 0.2) is 0 Å².